The molecule has 0 fully saturated rings. The van der Waals surface area contributed by atoms with Crippen molar-refractivity contribution < 1.29 is 14.6 Å². The molecule has 1 aromatic rings. The maximum absolute atomic E-state index is 10.4. The number of nitrogens with one attached hydrogen (secondary N) is 1. The van der Waals surface area contributed by atoms with Crippen LogP contribution in [0.2, 0.25) is 25.7 Å². The molecule has 7 heteroatoms. The van der Waals surface area contributed by atoms with Crippen LogP contribution < -0.4 is 5.32 Å². The van der Waals surface area contributed by atoms with Gasteiger partial charge in [0.25, 0.3) is 0 Å². The third-order valence-electron chi connectivity index (χ3n) is 2.10. The van der Waals surface area contributed by atoms with Crippen molar-refractivity contribution in [2.45, 2.75) is 32.4 Å². The van der Waals surface area contributed by atoms with Crippen LogP contribution in [0, 0.1) is 0 Å². The van der Waals surface area contributed by atoms with Crippen molar-refractivity contribution in [1.29, 1.82) is 0 Å². The minimum Gasteiger partial charge on any atom is -0.465 e. The fourth-order valence-corrected chi connectivity index (χ4v) is 1.92. The molecule has 0 aliphatic heterocycles. The largest absolute Gasteiger partial charge is 0.465 e. The predicted octanol–water partition coefficient (Wildman–Crippen LogP) is 2.29. The summed E-state index contributed by atoms with van der Waals surface area (Å²) in [6.45, 7) is 7.94. The summed E-state index contributed by atoms with van der Waals surface area (Å²) in [7, 11) is -1.06. The average Bonchev–Trinajstić information content (AvgIpc) is 2.58. The first kappa shape index (κ1) is 13.7. The molecule has 1 rings (SSSR count). The van der Waals surface area contributed by atoms with E-state index in [9.17, 15) is 4.79 Å². The van der Waals surface area contributed by atoms with E-state index in [1.54, 1.807) is 10.9 Å². The van der Waals surface area contributed by atoms with Crippen molar-refractivity contribution >= 4 is 19.9 Å². The number of anilines is 1. The van der Waals surface area contributed by atoms with Gasteiger partial charge in [-0.3, -0.25) is 5.32 Å². The molecule has 1 aromatic heterocycles. The average molecular weight is 257 g/mol. The Balaban J connectivity index is 2.28. The van der Waals surface area contributed by atoms with Crippen LogP contribution in [-0.2, 0) is 11.5 Å². The van der Waals surface area contributed by atoms with Gasteiger partial charge in [-0.1, -0.05) is 19.6 Å². The van der Waals surface area contributed by atoms with E-state index in [0.717, 1.165) is 12.7 Å². The molecule has 0 atom stereocenters. The number of rotatable bonds is 6. The Labute approximate surface area is 102 Å². The van der Waals surface area contributed by atoms with Crippen LogP contribution in [0.15, 0.2) is 12.4 Å². The van der Waals surface area contributed by atoms with E-state index in [1.807, 2.05) is 0 Å². The summed E-state index contributed by atoms with van der Waals surface area (Å²) in [5, 5.41) is 14.7. The lowest BCUT2D eigenvalue weighted by Crippen LogP contribution is -2.22. The van der Waals surface area contributed by atoms with Crippen molar-refractivity contribution in [3.63, 3.8) is 0 Å². The zero-order valence-corrected chi connectivity index (χ0v) is 11.4. The summed E-state index contributed by atoms with van der Waals surface area (Å²) in [5.74, 6) is 0. The molecule has 2 N–H and O–H groups in total. The Hall–Kier alpha value is -1.34. The van der Waals surface area contributed by atoms with Gasteiger partial charge >= 0.3 is 6.09 Å². The summed E-state index contributed by atoms with van der Waals surface area (Å²) >= 11 is 0. The lowest BCUT2D eigenvalue weighted by molar-refractivity contribution is 0.0786. The molecular weight excluding hydrogens is 238 g/mol. The monoisotopic (exact) mass is 257 g/mol. The molecule has 0 aromatic carbocycles. The summed E-state index contributed by atoms with van der Waals surface area (Å²) in [4.78, 5) is 10.4. The Morgan fingerprint density at radius 1 is 1.59 bits per heavy atom. The molecule has 0 aliphatic rings. The van der Waals surface area contributed by atoms with Crippen LogP contribution in [-0.4, -0.2) is 35.7 Å². The summed E-state index contributed by atoms with van der Waals surface area (Å²) in [6.07, 6.45) is 1.96. The fraction of sp³-hybridized carbons (Fsp3) is 0.600. The second-order valence-corrected chi connectivity index (χ2v) is 10.7. The van der Waals surface area contributed by atoms with Crippen LogP contribution in [0.1, 0.15) is 0 Å². The second-order valence-electron chi connectivity index (χ2n) is 5.05. The number of carboxylic acid groups (broad SMARTS) is 1. The Bertz CT molecular complexity index is 373. The zero-order chi connectivity index (χ0) is 12.9. The molecule has 1 amide bonds. The van der Waals surface area contributed by atoms with Crippen molar-refractivity contribution in [3.05, 3.63) is 12.4 Å². The van der Waals surface area contributed by atoms with Gasteiger partial charge in [-0.05, 0) is 6.04 Å². The van der Waals surface area contributed by atoms with E-state index >= 15 is 0 Å². The number of aromatic nitrogens is 2. The first-order valence-electron chi connectivity index (χ1n) is 5.47. The number of hydrogen-bond donors (Lipinski definition) is 2. The highest BCUT2D eigenvalue weighted by molar-refractivity contribution is 6.76. The van der Waals surface area contributed by atoms with Gasteiger partial charge in [0.2, 0.25) is 0 Å². The molecular formula is C10H19N3O3Si. The van der Waals surface area contributed by atoms with Crippen LogP contribution in [0.3, 0.4) is 0 Å². The van der Waals surface area contributed by atoms with Crippen LogP contribution >= 0.6 is 0 Å². The molecule has 96 valence electrons. The number of carbonyl (C=O) groups is 1. The fourth-order valence-electron chi connectivity index (χ4n) is 1.16. The molecule has 0 saturated carbocycles. The molecule has 17 heavy (non-hydrogen) atoms. The Morgan fingerprint density at radius 2 is 2.29 bits per heavy atom. The Morgan fingerprint density at radius 3 is 2.88 bits per heavy atom. The quantitative estimate of drug-likeness (QED) is 0.605. The molecule has 1 heterocycles. The summed E-state index contributed by atoms with van der Waals surface area (Å²) < 4.78 is 7.04. The van der Waals surface area contributed by atoms with Gasteiger partial charge in [0, 0.05) is 14.7 Å². The maximum atomic E-state index is 10.4. The highest BCUT2D eigenvalue weighted by Crippen LogP contribution is 2.08. The summed E-state index contributed by atoms with van der Waals surface area (Å²) in [6, 6.07) is 1.11. The van der Waals surface area contributed by atoms with Gasteiger partial charge in [-0.25, -0.2) is 9.48 Å². The Kier molecular flexibility index (Phi) is 4.70. The van der Waals surface area contributed by atoms with E-state index in [-0.39, 0.29) is 0 Å². The SMILES string of the molecule is C[Si](C)(C)CCOCn1cc(NC(=O)O)cn1. The molecule has 6 nitrogen and oxygen atoms in total. The van der Waals surface area contributed by atoms with Crippen LogP contribution in [0.4, 0.5) is 10.5 Å². The molecule has 0 bridgehead atoms. The molecule has 0 spiro atoms. The van der Waals surface area contributed by atoms with Gasteiger partial charge in [-0.15, -0.1) is 0 Å². The predicted molar refractivity (Wildman–Crippen MR) is 68.0 cm³/mol. The van der Waals surface area contributed by atoms with Gasteiger partial charge < -0.3 is 9.84 Å². The zero-order valence-electron chi connectivity index (χ0n) is 10.4. The van der Waals surface area contributed by atoms with Gasteiger partial charge in [0.15, 0.2) is 0 Å². The number of hydrogen-bond acceptors (Lipinski definition) is 3. The smallest absolute Gasteiger partial charge is 0.409 e. The topological polar surface area (TPSA) is 76.4 Å². The molecule has 0 unspecified atom stereocenters. The van der Waals surface area contributed by atoms with E-state index in [4.69, 9.17) is 9.84 Å². The van der Waals surface area contributed by atoms with Crippen LogP contribution in [0.5, 0.6) is 0 Å². The van der Waals surface area contributed by atoms with Gasteiger partial charge in [0.05, 0.1) is 18.1 Å². The van der Waals surface area contributed by atoms with Crippen molar-refractivity contribution in [3.8, 4) is 0 Å². The number of ether oxygens (including phenoxy) is 1. The third-order valence-corrected chi connectivity index (χ3v) is 3.81. The first-order valence-corrected chi connectivity index (χ1v) is 9.18. The first-order chi connectivity index (χ1) is 7.87. The standard InChI is InChI=1S/C10H19N3O3Si/c1-17(2,3)5-4-16-8-13-7-9(6-11-13)12-10(14)15/h6-7,12H,4-5,8H2,1-3H3,(H,14,15). The molecule has 0 radical (unpaired) electrons. The van der Waals surface area contributed by atoms with Crippen molar-refractivity contribution in [2.24, 2.45) is 0 Å². The molecule has 0 saturated heterocycles. The van der Waals surface area contributed by atoms with Crippen molar-refractivity contribution in [1.82, 2.24) is 9.78 Å². The highest BCUT2D eigenvalue weighted by atomic mass is 28.3. The number of amides is 1. The minimum atomic E-state index is -1.09. The maximum Gasteiger partial charge on any atom is 0.409 e. The van der Waals surface area contributed by atoms with E-state index in [2.05, 4.69) is 30.1 Å². The minimum absolute atomic E-state index is 0.353. The number of nitrogens with zero attached hydrogens (tertiary/aromatic N) is 2. The van der Waals surface area contributed by atoms with Crippen molar-refractivity contribution in [2.75, 3.05) is 11.9 Å². The normalized spacial score (nSPS) is 11.5. The van der Waals surface area contributed by atoms with E-state index in [0.29, 0.717) is 12.4 Å². The van der Waals surface area contributed by atoms with Crippen LogP contribution in [0.25, 0.3) is 0 Å². The molecule has 0 aliphatic carbocycles. The lowest BCUT2D eigenvalue weighted by atomic mass is 10.6. The van der Waals surface area contributed by atoms with Gasteiger partial charge in [0.1, 0.15) is 6.73 Å². The van der Waals surface area contributed by atoms with Gasteiger partial charge in [-0.2, -0.15) is 5.10 Å². The van der Waals surface area contributed by atoms with E-state index in [1.165, 1.54) is 6.20 Å². The summed E-state index contributed by atoms with van der Waals surface area (Å²) in [5.41, 5.74) is 0.450. The second kappa shape index (κ2) is 5.83. The highest BCUT2D eigenvalue weighted by Gasteiger charge is 2.12. The van der Waals surface area contributed by atoms with E-state index < -0.39 is 14.2 Å². The lowest BCUT2D eigenvalue weighted by Gasteiger charge is -2.15. The third kappa shape index (κ3) is 6.08.